The predicted octanol–water partition coefficient (Wildman–Crippen LogP) is 7.03. The van der Waals surface area contributed by atoms with Crippen LogP contribution < -0.4 is 16.4 Å². The number of hydrogen-bond donors (Lipinski definition) is 4. The van der Waals surface area contributed by atoms with Crippen LogP contribution in [0, 0.1) is 5.92 Å². The second kappa shape index (κ2) is 17.3. The van der Waals surface area contributed by atoms with E-state index in [9.17, 15) is 29.1 Å². The second-order valence-electron chi connectivity index (χ2n) is 13.9. The molecule has 1 heterocycles. The molecule has 5 rings (SSSR count). The van der Waals surface area contributed by atoms with E-state index in [4.69, 9.17) is 15.2 Å². The number of Topliss-reactive ketones (excluding diaryl/α,β-unsaturated/α-hetero) is 1. The van der Waals surface area contributed by atoms with Gasteiger partial charge in [-0.05, 0) is 59.2 Å². The van der Waals surface area contributed by atoms with Crippen LogP contribution in [0.5, 0.6) is 0 Å². The third-order valence-electron chi connectivity index (χ3n) is 8.89. The van der Waals surface area contributed by atoms with Crippen LogP contribution >= 0.6 is 0 Å². The minimum absolute atomic E-state index is 0.00178. The van der Waals surface area contributed by atoms with Gasteiger partial charge in [0, 0.05) is 24.6 Å². The van der Waals surface area contributed by atoms with Crippen LogP contribution in [0.2, 0.25) is 0 Å². The van der Waals surface area contributed by atoms with Crippen LogP contribution in [0.3, 0.4) is 0 Å². The smallest absolute Gasteiger partial charge is 0.437 e. The summed E-state index contributed by atoms with van der Waals surface area (Å²) >= 11 is 0. The van der Waals surface area contributed by atoms with Gasteiger partial charge in [0.05, 0.1) is 22.5 Å². The van der Waals surface area contributed by atoms with Crippen molar-refractivity contribution in [2.24, 2.45) is 10.9 Å². The van der Waals surface area contributed by atoms with Crippen molar-refractivity contribution < 1.29 is 38.6 Å². The van der Waals surface area contributed by atoms with E-state index in [-0.39, 0.29) is 65.7 Å². The minimum Gasteiger partial charge on any atom is -0.478 e. The Kier molecular flexibility index (Phi) is 12.4. The van der Waals surface area contributed by atoms with Crippen molar-refractivity contribution in [2.75, 3.05) is 24.1 Å². The quantitative estimate of drug-likeness (QED) is 0.0601. The van der Waals surface area contributed by atoms with Crippen LogP contribution in [0.25, 0.3) is 0 Å². The molecule has 13 nitrogen and oxygen atoms in total. The second-order valence-corrected chi connectivity index (χ2v) is 13.9. The highest BCUT2D eigenvalue weighted by Gasteiger charge is 2.34. The molecular formula is C41H43N5O8. The number of amides is 3. The largest absolute Gasteiger partial charge is 0.478 e. The van der Waals surface area contributed by atoms with E-state index in [1.54, 1.807) is 60.7 Å². The van der Waals surface area contributed by atoms with Crippen molar-refractivity contribution in [2.45, 2.75) is 52.2 Å². The van der Waals surface area contributed by atoms with Gasteiger partial charge in [-0.15, -0.1) is 4.99 Å². The Morgan fingerprint density at radius 3 is 2.06 bits per heavy atom. The molecule has 13 heteroatoms. The van der Waals surface area contributed by atoms with Gasteiger partial charge in [-0.25, -0.2) is 14.4 Å². The lowest BCUT2D eigenvalue weighted by molar-refractivity contribution is 0.0687. The van der Waals surface area contributed by atoms with Gasteiger partial charge in [0.2, 0.25) is 5.96 Å². The van der Waals surface area contributed by atoms with Crippen molar-refractivity contribution >= 4 is 47.2 Å². The van der Waals surface area contributed by atoms with Crippen molar-refractivity contribution in [3.63, 3.8) is 0 Å². The number of nitrogens with one attached hydrogen (secondary N) is 2. The maximum absolute atomic E-state index is 14.4. The van der Waals surface area contributed by atoms with Gasteiger partial charge in [0.15, 0.2) is 5.78 Å². The number of ether oxygens (including phenoxy) is 2. The number of nitrogens with two attached hydrogens (primary N) is 1. The fourth-order valence-corrected chi connectivity index (χ4v) is 5.95. The molecule has 3 amide bonds. The number of carbonyl (C=O) groups is 5. The van der Waals surface area contributed by atoms with Gasteiger partial charge >= 0.3 is 18.2 Å². The molecule has 280 valence electrons. The van der Waals surface area contributed by atoms with Crippen LogP contribution in [-0.2, 0) is 28.1 Å². The molecule has 0 aliphatic carbocycles. The van der Waals surface area contributed by atoms with Gasteiger partial charge in [-0.2, -0.15) is 0 Å². The molecule has 5 N–H and O–H groups in total. The van der Waals surface area contributed by atoms with Crippen LogP contribution in [0.4, 0.5) is 21.0 Å². The number of ketones is 1. The van der Waals surface area contributed by atoms with E-state index >= 15 is 0 Å². The lowest BCUT2D eigenvalue weighted by Crippen LogP contribution is -2.50. The summed E-state index contributed by atoms with van der Waals surface area (Å²) in [6.07, 6.45) is -1.15. The Hall–Kier alpha value is -6.50. The summed E-state index contributed by atoms with van der Waals surface area (Å²) in [4.78, 5) is 71.7. The SMILES string of the molecule is CC(C)(C)c1ccc(C(=O)Nc2c(N)ccc(C(=O)O)c2C(=O)C2CCCN(C(=NC(=O)OCc3ccccc3)NC(=O)OCc3ccccc3)C2)cc1. The number of nitrogen functional groups attached to an aromatic ring is 1. The summed E-state index contributed by atoms with van der Waals surface area (Å²) < 4.78 is 10.7. The zero-order valence-electron chi connectivity index (χ0n) is 30.3. The van der Waals surface area contributed by atoms with E-state index in [0.29, 0.717) is 12.8 Å². The average molecular weight is 734 g/mol. The molecule has 4 aromatic rings. The fourth-order valence-electron chi connectivity index (χ4n) is 5.95. The monoisotopic (exact) mass is 733 g/mol. The number of benzene rings is 4. The van der Waals surface area contributed by atoms with Crippen LogP contribution in [0.1, 0.15) is 81.4 Å². The average Bonchev–Trinajstić information content (AvgIpc) is 3.17. The Labute approximate surface area is 313 Å². The first-order chi connectivity index (χ1) is 25.8. The normalized spacial score (nSPS) is 14.5. The summed E-state index contributed by atoms with van der Waals surface area (Å²) in [5, 5.41) is 15.4. The molecular weight excluding hydrogens is 690 g/mol. The molecule has 0 aromatic heterocycles. The first-order valence-electron chi connectivity index (χ1n) is 17.4. The molecule has 1 aliphatic heterocycles. The molecule has 1 unspecified atom stereocenters. The highest BCUT2D eigenvalue weighted by molar-refractivity contribution is 6.16. The summed E-state index contributed by atoms with van der Waals surface area (Å²) in [5.41, 5.74) is 8.18. The summed E-state index contributed by atoms with van der Waals surface area (Å²) in [7, 11) is 0. The lowest BCUT2D eigenvalue weighted by Gasteiger charge is -2.34. The highest BCUT2D eigenvalue weighted by Crippen LogP contribution is 2.33. The number of carboxylic acid groups (broad SMARTS) is 1. The number of guanidine groups is 1. The lowest BCUT2D eigenvalue weighted by atomic mass is 9.86. The van der Waals surface area contributed by atoms with Gasteiger partial charge in [-0.1, -0.05) is 93.6 Å². The molecule has 1 aliphatic rings. The Morgan fingerprint density at radius 1 is 0.852 bits per heavy atom. The maximum atomic E-state index is 14.4. The minimum atomic E-state index is -1.39. The molecule has 54 heavy (non-hydrogen) atoms. The number of carbonyl (C=O) groups excluding carboxylic acids is 4. The fraction of sp³-hybridized carbons (Fsp3) is 0.268. The Morgan fingerprint density at radius 2 is 1.46 bits per heavy atom. The Balaban J connectivity index is 1.40. The third-order valence-corrected chi connectivity index (χ3v) is 8.89. The van der Waals surface area contributed by atoms with Crippen LogP contribution in [0.15, 0.2) is 102 Å². The molecule has 0 bridgehead atoms. The number of carboxylic acids is 1. The van der Waals surface area contributed by atoms with Crippen molar-refractivity contribution in [3.8, 4) is 0 Å². The first-order valence-corrected chi connectivity index (χ1v) is 17.4. The summed E-state index contributed by atoms with van der Waals surface area (Å²) in [5.74, 6) is -3.62. The molecule has 0 saturated carbocycles. The number of piperidine rings is 1. The van der Waals surface area contributed by atoms with E-state index in [1.807, 2.05) is 45.0 Å². The number of nitrogens with zero attached hydrogens (tertiary/aromatic N) is 2. The van der Waals surface area contributed by atoms with Crippen molar-refractivity contribution in [3.05, 3.63) is 130 Å². The number of alkyl carbamates (subject to hydrolysis) is 1. The van der Waals surface area contributed by atoms with Crippen molar-refractivity contribution in [1.29, 1.82) is 0 Å². The third kappa shape index (κ3) is 10.1. The van der Waals surface area contributed by atoms with Crippen LogP contribution in [-0.4, -0.2) is 58.9 Å². The van der Waals surface area contributed by atoms with Gasteiger partial charge < -0.3 is 30.5 Å². The van der Waals surface area contributed by atoms with Gasteiger partial charge in [0.25, 0.3) is 5.91 Å². The molecule has 1 atom stereocenters. The standard InChI is InChI=1S/C41H43N5O8/c1-41(2,3)30-18-16-28(17-19-30)36(48)43-34-32(42)21-20-31(37(49)50)33(34)35(47)29-15-10-22-46(23-29)38(44-39(51)53-24-26-11-6-4-7-12-26)45-40(52)54-25-27-13-8-5-9-14-27/h4-9,11-14,16-21,29H,10,15,22-25,42H2,1-3H3,(H,43,48)(H,49,50)(H,44,45,51,52). The number of hydrogen-bond acceptors (Lipinski definition) is 8. The molecule has 1 fully saturated rings. The number of anilines is 2. The molecule has 0 spiro atoms. The molecule has 4 aromatic carbocycles. The van der Waals surface area contributed by atoms with Gasteiger partial charge in [0.1, 0.15) is 13.2 Å². The van der Waals surface area contributed by atoms with E-state index < -0.39 is 35.8 Å². The first kappa shape index (κ1) is 38.7. The van der Waals surface area contributed by atoms with Crippen molar-refractivity contribution in [1.82, 2.24) is 10.2 Å². The number of aromatic carboxylic acids is 1. The van der Waals surface area contributed by atoms with E-state index in [2.05, 4.69) is 15.6 Å². The predicted molar refractivity (Wildman–Crippen MR) is 203 cm³/mol. The number of likely N-dealkylation sites (tertiary alicyclic amines) is 1. The highest BCUT2D eigenvalue weighted by atomic mass is 16.6. The van der Waals surface area contributed by atoms with E-state index in [0.717, 1.165) is 16.7 Å². The Bertz CT molecular complexity index is 2030. The summed E-state index contributed by atoms with van der Waals surface area (Å²) in [6, 6.07) is 27.5. The summed E-state index contributed by atoms with van der Waals surface area (Å²) in [6.45, 7) is 6.23. The van der Waals surface area contributed by atoms with E-state index in [1.165, 1.54) is 17.0 Å². The molecule has 1 saturated heterocycles. The van der Waals surface area contributed by atoms with Gasteiger partial charge in [-0.3, -0.25) is 14.9 Å². The maximum Gasteiger partial charge on any atom is 0.437 e. The zero-order valence-corrected chi connectivity index (χ0v) is 30.3. The molecule has 0 radical (unpaired) electrons. The number of aliphatic imine (C=N–C) groups is 1. The topological polar surface area (TPSA) is 190 Å². The number of rotatable bonds is 9. The zero-order chi connectivity index (χ0) is 38.8.